The normalized spacial score (nSPS) is 18.0. The number of fused-ring (bicyclic) bond motifs is 1. The van der Waals surface area contributed by atoms with Gasteiger partial charge in [0, 0.05) is 37.9 Å². The fourth-order valence-corrected chi connectivity index (χ4v) is 6.40. The number of anilines is 1. The summed E-state index contributed by atoms with van der Waals surface area (Å²) in [6.45, 7) is 1.28. The molecule has 10 nitrogen and oxygen atoms in total. The molecule has 1 aliphatic carbocycles. The van der Waals surface area contributed by atoms with Crippen LogP contribution in [-0.4, -0.2) is 52.3 Å². The maximum absolute atomic E-state index is 13.5. The average molecular weight is 483 g/mol. The van der Waals surface area contributed by atoms with Gasteiger partial charge in [0.25, 0.3) is 0 Å². The number of nitrogens with one attached hydrogen (secondary N) is 1. The molecule has 0 bridgehead atoms. The zero-order valence-corrected chi connectivity index (χ0v) is 19.7. The van der Waals surface area contributed by atoms with Crippen LogP contribution < -0.4 is 5.32 Å². The molecule has 1 N–H and O–H groups in total. The third kappa shape index (κ3) is 4.31. The summed E-state index contributed by atoms with van der Waals surface area (Å²) in [7, 11) is -1.80. The maximum Gasteiger partial charge on any atom is 0.250 e. The highest BCUT2D eigenvalue weighted by Crippen LogP contribution is 2.38. The van der Waals surface area contributed by atoms with E-state index < -0.39 is 21.1 Å². The lowest BCUT2D eigenvalue weighted by Crippen LogP contribution is -2.30. The highest BCUT2D eigenvalue weighted by molar-refractivity contribution is 7.92. The number of rotatable bonds is 7. The van der Waals surface area contributed by atoms with Crippen molar-refractivity contribution in [3.63, 3.8) is 0 Å². The van der Waals surface area contributed by atoms with Crippen LogP contribution in [0.25, 0.3) is 10.9 Å². The van der Waals surface area contributed by atoms with Crippen molar-refractivity contribution in [2.24, 2.45) is 13.0 Å². The predicted octanol–water partition coefficient (Wildman–Crippen LogP) is 2.57. The molecule has 1 saturated carbocycles. The highest BCUT2D eigenvalue weighted by atomic mass is 32.2. The summed E-state index contributed by atoms with van der Waals surface area (Å²) in [5.41, 5.74) is 0.690. The number of nitriles is 1. The molecule has 34 heavy (non-hydrogen) atoms. The summed E-state index contributed by atoms with van der Waals surface area (Å²) in [5.74, 6) is 0.390. The van der Waals surface area contributed by atoms with Gasteiger partial charge >= 0.3 is 0 Å². The first-order chi connectivity index (χ1) is 16.4. The first kappa shape index (κ1) is 22.6. The molecule has 0 spiro atoms. The van der Waals surface area contributed by atoms with Gasteiger partial charge < -0.3 is 10.1 Å². The van der Waals surface area contributed by atoms with E-state index in [1.54, 1.807) is 34.7 Å². The largest absolute Gasteiger partial charge is 0.381 e. The van der Waals surface area contributed by atoms with Gasteiger partial charge in [-0.05, 0) is 50.2 Å². The third-order valence-electron chi connectivity index (χ3n) is 6.54. The Labute approximate surface area is 197 Å². The molecule has 2 fully saturated rings. The maximum atomic E-state index is 13.5. The Bertz CT molecular complexity index is 1380. The predicted molar refractivity (Wildman–Crippen MR) is 124 cm³/mol. The number of carbonyl (C=O) groups is 1. The smallest absolute Gasteiger partial charge is 0.250 e. The molecule has 1 aliphatic heterocycles. The van der Waals surface area contributed by atoms with Crippen molar-refractivity contribution in [2.75, 3.05) is 18.5 Å². The van der Waals surface area contributed by atoms with E-state index in [2.05, 4.69) is 21.6 Å². The van der Waals surface area contributed by atoms with Crippen LogP contribution in [0.2, 0.25) is 0 Å². The van der Waals surface area contributed by atoms with Gasteiger partial charge in [-0.2, -0.15) is 15.5 Å². The Morgan fingerprint density at radius 3 is 2.71 bits per heavy atom. The van der Waals surface area contributed by atoms with Crippen molar-refractivity contribution in [3.05, 3.63) is 36.2 Å². The van der Waals surface area contributed by atoms with Crippen LogP contribution in [-0.2, 0) is 26.4 Å². The van der Waals surface area contributed by atoms with E-state index in [-0.39, 0.29) is 22.3 Å². The molecular weight excluding hydrogens is 456 g/mol. The first-order valence-electron chi connectivity index (χ1n) is 11.4. The van der Waals surface area contributed by atoms with Crippen LogP contribution in [0.1, 0.15) is 43.7 Å². The molecule has 2 aliphatic rings. The zero-order valence-electron chi connectivity index (χ0n) is 18.8. The lowest BCUT2D eigenvalue weighted by Gasteiger charge is -2.26. The van der Waals surface area contributed by atoms with E-state index in [4.69, 9.17) is 4.74 Å². The molecule has 1 aromatic carbocycles. The monoisotopic (exact) mass is 482 g/mol. The summed E-state index contributed by atoms with van der Waals surface area (Å²) in [6, 6.07) is 6.10. The Hall–Kier alpha value is -3.23. The molecule has 11 heteroatoms. The quantitative estimate of drug-likeness (QED) is 0.547. The van der Waals surface area contributed by atoms with E-state index in [0.29, 0.717) is 49.2 Å². The number of nitrogens with zero attached hydrogens (tertiary/aromatic N) is 5. The van der Waals surface area contributed by atoms with Gasteiger partial charge in [0.2, 0.25) is 5.91 Å². The van der Waals surface area contributed by atoms with Crippen molar-refractivity contribution < 1.29 is 17.9 Å². The second kappa shape index (κ2) is 8.85. The van der Waals surface area contributed by atoms with Crippen molar-refractivity contribution >= 4 is 32.5 Å². The van der Waals surface area contributed by atoms with Crippen molar-refractivity contribution in [1.29, 1.82) is 5.26 Å². The molecule has 1 atom stereocenters. The first-order valence-corrected chi connectivity index (χ1v) is 12.9. The van der Waals surface area contributed by atoms with E-state index in [1.807, 2.05) is 0 Å². The standard InChI is InChI=1S/C23H26N6O4S/c1-28-7-4-22(27-28)26-23(30)20(10-15-5-8-33-9-6-15)29-19-11-16(13-24)12-21(18(19)14-25-29)34(31,32)17-2-3-17/h4,7,11-12,14-15,17,20H,2-3,5-6,8-10H2,1H3,(H,26,27,30). The van der Waals surface area contributed by atoms with Crippen LogP contribution in [0, 0.1) is 17.2 Å². The van der Waals surface area contributed by atoms with Crippen LogP contribution in [0.15, 0.2) is 35.5 Å². The van der Waals surface area contributed by atoms with Crippen molar-refractivity contribution in [2.45, 2.75) is 48.3 Å². The summed E-state index contributed by atoms with van der Waals surface area (Å²) in [5, 5.41) is 21.2. The number of hydrogen-bond donors (Lipinski definition) is 1. The zero-order chi connectivity index (χ0) is 23.9. The average Bonchev–Trinajstić information content (AvgIpc) is 3.51. The van der Waals surface area contributed by atoms with Gasteiger partial charge in [-0.3, -0.25) is 14.2 Å². The minimum absolute atomic E-state index is 0.116. The molecule has 1 unspecified atom stereocenters. The number of ether oxygens (including phenoxy) is 1. The number of carbonyl (C=O) groups excluding carboxylic acids is 1. The molecule has 2 aromatic heterocycles. The molecule has 178 valence electrons. The van der Waals surface area contributed by atoms with Crippen LogP contribution in [0.4, 0.5) is 5.82 Å². The van der Waals surface area contributed by atoms with E-state index in [1.165, 1.54) is 12.3 Å². The number of aromatic nitrogens is 4. The fraction of sp³-hybridized carbons (Fsp3) is 0.478. The number of hydrogen-bond acceptors (Lipinski definition) is 7. The van der Waals surface area contributed by atoms with Gasteiger partial charge in [-0.15, -0.1) is 0 Å². The van der Waals surface area contributed by atoms with Crippen molar-refractivity contribution in [3.8, 4) is 6.07 Å². The van der Waals surface area contributed by atoms with E-state index >= 15 is 0 Å². The van der Waals surface area contributed by atoms with Gasteiger partial charge in [0.15, 0.2) is 15.7 Å². The van der Waals surface area contributed by atoms with Crippen molar-refractivity contribution in [1.82, 2.24) is 19.6 Å². The SMILES string of the molecule is Cn1ccc(NC(=O)C(CC2CCOCC2)n2ncc3c(S(=O)(=O)C4CC4)cc(C#N)cc32)n1. The molecule has 1 saturated heterocycles. The lowest BCUT2D eigenvalue weighted by atomic mass is 9.92. The second-order valence-electron chi connectivity index (χ2n) is 9.02. The Morgan fingerprint density at radius 2 is 2.06 bits per heavy atom. The molecule has 1 amide bonds. The number of aryl methyl sites for hydroxylation is 1. The van der Waals surface area contributed by atoms with Gasteiger partial charge in [0.1, 0.15) is 6.04 Å². The summed E-state index contributed by atoms with van der Waals surface area (Å²) >= 11 is 0. The molecule has 5 rings (SSSR count). The second-order valence-corrected chi connectivity index (χ2v) is 11.2. The summed E-state index contributed by atoms with van der Waals surface area (Å²) in [4.78, 5) is 13.6. The minimum Gasteiger partial charge on any atom is -0.381 e. The van der Waals surface area contributed by atoms with Gasteiger partial charge in [-0.1, -0.05) is 0 Å². The summed E-state index contributed by atoms with van der Waals surface area (Å²) in [6.07, 6.45) is 6.65. The number of benzene rings is 1. The molecular formula is C23H26N6O4S. The summed E-state index contributed by atoms with van der Waals surface area (Å²) < 4.78 is 34.8. The highest BCUT2D eigenvalue weighted by Gasteiger charge is 2.39. The number of amides is 1. The Kier molecular flexibility index (Phi) is 5.87. The third-order valence-corrected chi connectivity index (χ3v) is 8.84. The van der Waals surface area contributed by atoms with Crippen LogP contribution >= 0.6 is 0 Å². The fourth-order valence-electron chi connectivity index (χ4n) is 4.53. The van der Waals surface area contributed by atoms with Gasteiger partial charge in [0.05, 0.1) is 33.5 Å². The van der Waals surface area contributed by atoms with Gasteiger partial charge in [-0.25, -0.2) is 8.42 Å². The molecule has 3 aromatic rings. The van der Waals surface area contributed by atoms with Crippen LogP contribution in [0.3, 0.4) is 0 Å². The van der Waals surface area contributed by atoms with Crippen LogP contribution in [0.5, 0.6) is 0 Å². The van der Waals surface area contributed by atoms with E-state index in [9.17, 15) is 18.5 Å². The number of sulfone groups is 1. The topological polar surface area (TPSA) is 132 Å². The van der Waals surface area contributed by atoms with E-state index in [0.717, 1.165) is 12.8 Å². The molecule has 0 radical (unpaired) electrons. The lowest BCUT2D eigenvalue weighted by molar-refractivity contribution is -0.120. The molecule has 3 heterocycles. The Morgan fingerprint density at radius 1 is 1.29 bits per heavy atom. The Balaban J connectivity index is 1.58. The minimum atomic E-state index is -3.56.